The SMILES string of the molecule is C=C(OC(=C)C(C)C)c1ccccc1. The van der Waals surface area contributed by atoms with Crippen molar-refractivity contribution in [3.8, 4) is 0 Å². The second-order valence-corrected chi connectivity index (χ2v) is 3.51. The zero-order valence-corrected chi connectivity index (χ0v) is 8.79. The normalized spacial score (nSPS) is 9.93. The van der Waals surface area contributed by atoms with Crippen LogP contribution in [0.15, 0.2) is 49.2 Å². The Morgan fingerprint density at radius 3 is 2.21 bits per heavy atom. The number of benzene rings is 1. The molecule has 0 aliphatic rings. The summed E-state index contributed by atoms with van der Waals surface area (Å²) in [6, 6.07) is 9.82. The summed E-state index contributed by atoms with van der Waals surface area (Å²) in [5.41, 5.74) is 0.995. The quantitative estimate of drug-likeness (QED) is 0.652. The summed E-state index contributed by atoms with van der Waals surface area (Å²) in [5, 5.41) is 0. The van der Waals surface area contributed by atoms with Crippen LogP contribution in [0.2, 0.25) is 0 Å². The van der Waals surface area contributed by atoms with Gasteiger partial charge >= 0.3 is 0 Å². The van der Waals surface area contributed by atoms with E-state index < -0.39 is 0 Å². The van der Waals surface area contributed by atoms with Crippen LogP contribution < -0.4 is 0 Å². The molecule has 0 aromatic heterocycles. The molecule has 0 radical (unpaired) electrons. The van der Waals surface area contributed by atoms with Gasteiger partial charge in [0.1, 0.15) is 5.76 Å². The van der Waals surface area contributed by atoms with Gasteiger partial charge in [-0.1, -0.05) is 57.3 Å². The van der Waals surface area contributed by atoms with E-state index in [1.54, 1.807) is 0 Å². The average Bonchev–Trinajstić information content (AvgIpc) is 2.19. The van der Waals surface area contributed by atoms with Crippen LogP contribution in [0.25, 0.3) is 5.76 Å². The van der Waals surface area contributed by atoms with Crippen molar-refractivity contribution in [3.63, 3.8) is 0 Å². The smallest absolute Gasteiger partial charge is 0.126 e. The molecule has 0 spiro atoms. The lowest BCUT2D eigenvalue weighted by Crippen LogP contribution is -1.97. The highest BCUT2D eigenvalue weighted by Gasteiger charge is 2.04. The Balaban J connectivity index is 2.65. The van der Waals surface area contributed by atoms with Crippen molar-refractivity contribution in [1.29, 1.82) is 0 Å². The van der Waals surface area contributed by atoms with Crippen molar-refractivity contribution in [3.05, 3.63) is 54.8 Å². The molecule has 0 amide bonds. The van der Waals surface area contributed by atoms with Crippen LogP contribution in [0.5, 0.6) is 0 Å². The van der Waals surface area contributed by atoms with Gasteiger partial charge in [0, 0.05) is 11.5 Å². The minimum Gasteiger partial charge on any atom is -0.462 e. The summed E-state index contributed by atoms with van der Waals surface area (Å²) in [6.07, 6.45) is 0. The topological polar surface area (TPSA) is 9.23 Å². The molecule has 0 fully saturated rings. The van der Waals surface area contributed by atoms with Crippen LogP contribution in [0.1, 0.15) is 19.4 Å². The lowest BCUT2D eigenvalue weighted by Gasteiger charge is -2.13. The number of hydrogen-bond donors (Lipinski definition) is 0. The summed E-state index contributed by atoms with van der Waals surface area (Å²) in [5.74, 6) is 1.72. The standard InChI is InChI=1S/C13H16O/c1-10(2)11(3)14-12(4)13-8-6-5-7-9-13/h5-10H,3-4H2,1-2H3. The highest BCUT2D eigenvalue weighted by Crippen LogP contribution is 2.19. The molecule has 0 saturated carbocycles. The first-order chi connectivity index (χ1) is 6.61. The van der Waals surface area contributed by atoms with Crippen LogP contribution in [0.3, 0.4) is 0 Å². The third kappa shape index (κ3) is 2.77. The number of allylic oxidation sites excluding steroid dienone is 1. The van der Waals surface area contributed by atoms with Crippen molar-refractivity contribution in [2.75, 3.05) is 0 Å². The van der Waals surface area contributed by atoms with E-state index in [1.807, 2.05) is 44.2 Å². The maximum atomic E-state index is 5.51. The summed E-state index contributed by atoms with van der Waals surface area (Å²) >= 11 is 0. The molecule has 74 valence electrons. The zero-order chi connectivity index (χ0) is 10.6. The fourth-order valence-corrected chi connectivity index (χ4v) is 0.959. The molecule has 0 unspecified atom stereocenters. The molecule has 1 rings (SSSR count). The first-order valence-corrected chi connectivity index (χ1v) is 4.72. The molecule has 0 aliphatic carbocycles. The average molecular weight is 188 g/mol. The monoisotopic (exact) mass is 188 g/mol. The summed E-state index contributed by atoms with van der Waals surface area (Å²) in [7, 11) is 0. The van der Waals surface area contributed by atoms with E-state index in [1.165, 1.54) is 0 Å². The Kier molecular flexibility index (Phi) is 3.52. The van der Waals surface area contributed by atoms with Crippen LogP contribution >= 0.6 is 0 Å². The van der Waals surface area contributed by atoms with Crippen molar-refractivity contribution >= 4 is 5.76 Å². The fraction of sp³-hybridized carbons (Fsp3) is 0.231. The van der Waals surface area contributed by atoms with Crippen LogP contribution in [-0.4, -0.2) is 0 Å². The summed E-state index contributed by atoms with van der Waals surface area (Å²) in [6.45, 7) is 11.8. The molecule has 1 aromatic rings. The molecular formula is C13H16O. The second-order valence-electron chi connectivity index (χ2n) is 3.51. The van der Waals surface area contributed by atoms with Gasteiger partial charge in [0.05, 0.1) is 5.76 Å². The van der Waals surface area contributed by atoms with E-state index in [9.17, 15) is 0 Å². The van der Waals surface area contributed by atoms with Gasteiger partial charge in [-0.25, -0.2) is 0 Å². The summed E-state index contributed by atoms with van der Waals surface area (Å²) in [4.78, 5) is 0. The predicted molar refractivity (Wildman–Crippen MR) is 60.5 cm³/mol. The Morgan fingerprint density at radius 1 is 1.14 bits per heavy atom. The van der Waals surface area contributed by atoms with E-state index in [-0.39, 0.29) is 0 Å². The summed E-state index contributed by atoms with van der Waals surface area (Å²) < 4.78 is 5.51. The number of ether oxygens (including phenoxy) is 1. The highest BCUT2D eigenvalue weighted by atomic mass is 16.5. The highest BCUT2D eigenvalue weighted by molar-refractivity contribution is 5.57. The Morgan fingerprint density at radius 2 is 1.71 bits per heavy atom. The molecule has 0 aliphatic heterocycles. The lowest BCUT2D eigenvalue weighted by atomic mass is 10.2. The predicted octanol–water partition coefficient (Wildman–Crippen LogP) is 3.84. The Hall–Kier alpha value is -1.50. The first-order valence-electron chi connectivity index (χ1n) is 4.72. The molecular weight excluding hydrogens is 172 g/mol. The first kappa shape index (κ1) is 10.6. The van der Waals surface area contributed by atoms with E-state index in [2.05, 4.69) is 13.2 Å². The van der Waals surface area contributed by atoms with Crippen molar-refractivity contribution in [1.82, 2.24) is 0 Å². The van der Waals surface area contributed by atoms with Gasteiger partial charge in [0.2, 0.25) is 0 Å². The molecule has 0 heterocycles. The van der Waals surface area contributed by atoms with Gasteiger partial charge in [0.25, 0.3) is 0 Å². The largest absolute Gasteiger partial charge is 0.462 e. The molecule has 0 atom stereocenters. The molecule has 0 bridgehead atoms. The molecule has 0 saturated heterocycles. The molecule has 1 aromatic carbocycles. The van der Waals surface area contributed by atoms with Gasteiger partial charge < -0.3 is 4.74 Å². The molecule has 14 heavy (non-hydrogen) atoms. The molecule has 1 heteroatoms. The molecule has 0 N–H and O–H groups in total. The number of hydrogen-bond acceptors (Lipinski definition) is 1. The maximum absolute atomic E-state index is 5.51. The van der Waals surface area contributed by atoms with Gasteiger partial charge in [-0.05, 0) is 0 Å². The van der Waals surface area contributed by atoms with E-state index in [0.717, 1.165) is 11.3 Å². The Labute approximate surface area is 85.7 Å². The van der Waals surface area contributed by atoms with E-state index >= 15 is 0 Å². The van der Waals surface area contributed by atoms with Crippen molar-refractivity contribution in [2.45, 2.75) is 13.8 Å². The van der Waals surface area contributed by atoms with Crippen LogP contribution in [-0.2, 0) is 4.74 Å². The van der Waals surface area contributed by atoms with Crippen LogP contribution in [0.4, 0.5) is 0 Å². The van der Waals surface area contributed by atoms with E-state index in [0.29, 0.717) is 11.7 Å². The van der Waals surface area contributed by atoms with E-state index in [4.69, 9.17) is 4.74 Å². The van der Waals surface area contributed by atoms with Gasteiger partial charge in [-0.2, -0.15) is 0 Å². The van der Waals surface area contributed by atoms with Crippen molar-refractivity contribution in [2.24, 2.45) is 5.92 Å². The maximum Gasteiger partial charge on any atom is 0.126 e. The van der Waals surface area contributed by atoms with Crippen molar-refractivity contribution < 1.29 is 4.74 Å². The minimum absolute atomic E-state index is 0.315. The van der Waals surface area contributed by atoms with Gasteiger partial charge in [0.15, 0.2) is 0 Å². The Bertz CT molecular complexity index is 322. The van der Waals surface area contributed by atoms with Gasteiger partial charge in [-0.15, -0.1) is 0 Å². The third-order valence-electron chi connectivity index (χ3n) is 1.99. The minimum atomic E-state index is 0.315. The fourth-order valence-electron chi connectivity index (χ4n) is 0.959. The lowest BCUT2D eigenvalue weighted by molar-refractivity contribution is 0.335. The molecule has 1 nitrogen and oxygen atoms in total. The van der Waals surface area contributed by atoms with Crippen LogP contribution in [0, 0.1) is 5.92 Å². The second kappa shape index (κ2) is 4.66. The van der Waals surface area contributed by atoms with Gasteiger partial charge in [-0.3, -0.25) is 0 Å². The zero-order valence-electron chi connectivity index (χ0n) is 8.79. The number of rotatable bonds is 4. The third-order valence-corrected chi connectivity index (χ3v) is 1.99.